The Morgan fingerprint density at radius 1 is 1.15 bits per heavy atom. The summed E-state index contributed by atoms with van der Waals surface area (Å²) < 4.78 is 7.51. The van der Waals surface area contributed by atoms with Crippen LogP contribution in [-0.2, 0) is 22.5 Å². The molecule has 26 heavy (non-hydrogen) atoms. The summed E-state index contributed by atoms with van der Waals surface area (Å²) in [5.41, 5.74) is 2.01. The molecule has 2 aliphatic rings. The molecule has 3 rings (SSSR count). The van der Waals surface area contributed by atoms with Gasteiger partial charge in [-0.05, 0) is 33.6 Å². The van der Waals surface area contributed by atoms with E-state index in [9.17, 15) is 9.59 Å². The number of hydrogen-bond donors (Lipinski definition) is 0. The van der Waals surface area contributed by atoms with Crippen LogP contribution in [0.25, 0.3) is 0 Å². The van der Waals surface area contributed by atoms with E-state index < -0.39 is 5.60 Å². The average Bonchev–Trinajstić information content (AvgIpc) is 2.90. The van der Waals surface area contributed by atoms with E-state index in [1.807, 2.05) is 30.4 Å². The van der Waals surface area contributed by atoms with Gasteiger partial charge in [-0.15, -0.1) is 0 Å². The van der Waals surface area contributed by atoms with E-state index in [1.54, 1.807) is 11.8 Å². The molecule has 140 valence electrons. The van der Waals surface area contributed by atoms with Crippen molar-refractivity contribution in [3.05, 3.63) is 11.3 Å². The van der Waals surface area contributed by atoms with Gasteiger partial charge < -0.3 is 14.5 Å². The standard InChI is InChI=1S/C18H27BN4O3/c1-12(24)21-8-5-13(6-9-21)23-15-7-10-22(11-14(15)16(19)20-23)17(25)26-18(2,3)4/h13H,5-11H2,1-4H3. The lowest BCUT2D eigenvalue weighted by atomic mass is 9.94. The number of piperidine rings is 1. The van der Waals surface area contributed by atoms with E-state index in [2.05, 4.69) is 5.10 Å². The van der Waals surface area contributed by atoms with Gasteiger partial charge in [0, 0.05) is 49.8 Å². The number of aromatic nitrogens is 2. The lowest BCUT2D eigenvalue weighted by molar-refractivity contribution is -0.130. The van der Waals surface area contributed by atoms with Crippen molar-refractivity contribution in [2.24, 2.45) is 0 Å². The van der Waals surface area contributed by atoms with E-state index in [1.165, 1.54) is 0 Å². The molecule has 2 radical (unpaired) electrons. The van der Waals surface area contributed by atoms with Crippen molar-refractivity contribution >= 4 is 25.4 Å². The topological polar surface area (TPSA) is 67.7 Å². The van der Waals surface area contributed by atoms with Crippen LogP contribution >= 0.6 is 0 Å². The van der Waals surface area contributed by atoms with Gasteiger partial charge in [-0.1, -0.05) is 0 Å². The third-order valence-electron chi connectivity index (χ3n) is 5.02. The van der Waals surface area contributed by atoms with Gasteiger partial charge in [-0.2, -0.15) is 5.10 Å². The third kappa shape index (κ3) is 3.89. The summed E-state index contributed by atoms with van der Waals surface area (Å²) in [7, 11) is 6.16. The Morgan fingerprint density at radius 2 is 1.81 bits per heavy atom. The van der Waals surface area contributed by atoms with E-state index in [-0.39, 0.29) is 18.0 Å². The number of nitrogens with zero attached hydrogens (tertiary/aromatic N) is 4. The van der Waals surface area contributed by atoms with Crippen molar-refractivity contribution in [2.45, 2.75) is 65.1 Å². The molecule has 2 amide bonds. The number of likely N-dealkylation sites (tertiary alicyclic amines) is 1. The van der Waals surface area contributed by atoms with Crippen molar-refractivity contribution in [1.29, 1.82) is 0 Å². The third-order valence-corrected chi connectivity index (χ3v) is 5.02. The number of ether oxygens (including phenoxy) is 1. The van der Waals surface area contributed by atoms with Crippen LogP contribution in [0.15, 0.2) is 0 Å². The fourth-order valence-corrected chi connectivity index (χ4v) is 3.68. The van der Waals surface area contributed by atoms with Gasteiger partial charge in [0.05, 0.1) is 12.6 Å². The Labute approximate surface area is 156 Å². The number of rotatable bonds is 1. The van der Waals surface area contributed by atoms with Crippen LogP contribution in [-0.4, -0.2) is 64.7 Å². The predicted molar refractivity (Wildman–Crippen MR) is 98.5 cm³/mol. The van der Waals surface area contributed by atoms with E-state index in [0.29, 0.717) is 25.1 Å². The molecular formula is C18H27BN4O3. The first-order valence-corrected chi connectivity index (χ1v) is 9.25. The molecule has 0 saturated carbocycles. The van der Waals surface area contributed by atoms with Crippen LogP contribution in [0.2, 0.25) is 0 Å². The maximum Gasteiger partial charge on any atom is 0.410 e. The first-order chi connectivity index (χ1) is 12.2. The zero-order valence-corrected chi connectivity index (χ0v) is 16.1. The quantitative estimate of drug-likeness (QED) is 0.707. The Hall–Kier alpha value is -1.99. The highest BCUT2D eigenvalue weighted by Gasteiger charge is 2.31. The Morgan fingerprint density at radius 3 is 2.38 bits per heavy atom. The first-order valence-electron chi connectivity index (χ1n) is 9.25. The molecule has 0 atom stereocenters. The van der Waals surface area contributed by atoms with Crippen molar-refractivity contribution in [2.75, 3.05) is 19.6 Å². The van der Waals surface area contributed by atoms with Crippen LogP contribution in [0.4, 0.5) is 4.79 Å². The lowest BCUT2D eigenvalue weighted by Crippen LogP contribution is -2.41. The summed E-state index contributed by atoms with van der Waals surface area (Å²) in [6.45, 7) is 9.72. The summed E-state index contributed by atoms with van der Waals surface area (Å²) in [6.07, 6.45) is 2.16. The summed E-state index contributed by atoms with van der Waals surface area (Å²) in [5, 5.41) is 4.57. The van der Waals surface area contributed by atoms with E-state index >= 15 is 0 Å². The highest BCUT2D eigenvalue weighted by molar-refractivity contribution is 6.31. The highest BCUT2D eigenvalue weighted by Crippen LogP contribution is 2.27. The SMILES string of the molecule is [B]c1nn(C2CCN(C(C)=O)CC2)c2c1CN(C(=O)OC(C)(C)C)CC2. The van der Waals surface area contributed by atoms with Crippen molar-refractivity contribution in [3.63, 3.8) is 0 Å². The van der Waals surface area contributed by atoms with Gasteiger partial charge in [0.1, 0.15) is 13.4 Å². The minimum Gasteiger partial charge on any atom is -0.444 e. The molecule has 1 fully saturated rings. The first kappa shape index (κ1) is 18.8. The van der Waals surface area contributed by atoms with Gasteiger partial charge in [-0.3, -0.25) is 9.48 Å². The minimum absolute atomic E-state index is 0.124. The molecule has 1 saturated heterocycles. The van der Waals surface area contributed by atoms with Crippen LogP contribution < -0.4 is 5.59 Å². The molecule has 0 bridgehead atoms. The monoisotopic (exact) mass is 358 g/mol. The molecule has 0 unspecified atom stereocenters. The summed E-state index contributed by atoms with van der Waals surface area (Å²) >= 11 is 0. The fraction of sp³-hybridized carbons (Fsp3) is 0.722. The molecule has 0 N–H and O–H groups in total. The van der Waals surface area contributed by atoms with Crippen LogP contribution in [0.3, 0.4) is 0 Å². The molecule has 1 aromatic heterocycles. The molecule has 1 aromatic rings. The Balaban J connectivity index is 1.72. The highest BCUT2D eigenvalue weighted by atomic mass is 16.6. The van der Waals surface area contributed by atoms with Crippen LogP contribution in [0.5, 0.6) is 0 Å². The molecule has 2 aliphatic heterocycles. The lowest BCUT2D eigenvalue weighted by Gasteiger charge is -2.34. The number of fused-ring (bicyclic) bond motifs is 1. The number of carbonyl (C=O) groups excluding carboxylic acids is 2. The predicted octanol–water partition coefficient (Wildman–Crippen LogP) is 1.15. The number of carbonyl (C=O) groups is 2. The van der Waals surface area contributed by atoms with Crippen molar-refractivity contribution in [1.82, 2.24) is 19.6 Å². The van der Waals surface area contributed by atoms with Gasteiger partial charge in [0.25, 0.3) is 0 Å². The normalized spacial score (nSPS) is 18.6. The average molecular weight is 358 g/mol. The second kappa shape index (κ2) is 6.97. The fourth-order valence-electron chi connectivity index (χ4n) is 3.68. The summed E-state index contributed by atoms with van der Waals surface area (Å²) in [5.74, 6) is 0.124. The maximum atomic E-state index is 12.3. The number of hydrogen-bond acceptors (Lipinski definition) is 4. The zero-order valence-electron chi connectivity index (χ0n) is 16.1. The van der Waals surface area contributed by atoms with Crippen molar-refractivity contribution < 1.29 is 14.3 Å². The molecular weight excluding hydrogens is 331 g/mol. The molecule has 3 heterocycles. The molecule has 7 nitrogen and oxygen atoms in total. The van der Waals surface area contributed by atoms with E-state index in [4.69, 9.17) is 12.6 Å². The molecule has 0 spiro atoms. The van der Waals surface area contributed by atoms with E-state index in [0.717, 1.165) is 37.2 Å². The molecule has 8 heteroatoms. The Kier molecular flexibility index (Phi) is 5.04. The second-order valence-electron chi connectivity index (χ2n) is 8.14. The zero-order chi connectivity index (χ0) is 19.1. The summed E-state index contributed by atoms with van der Waals surface area (Å²) in [6, 6.07) is 0.254. The van der Waals surface area contributed by atoms with Gasteiger partial charge in [0.15, 0.2) is 0 Å². The van der Waals surface area contributed by atoms with Gasteiger partial charge >= 0.3 is 6.09 Å². The molecule has 0 aliphatic carbocycles. The minimum atomic E-state index is -0.516. The Bertz CT molecular complexity index is 702. The van der Waals surface area contributed by atoms with Gasteiger partial charge in [-0.25, -0.2) is 4.79 Å². The van der Waals surface area contributed by atoms with Crippen LogP contribution in [0, 0.1) is 0 Å². The number of amides is 2. The van der Waals surface area contributed by atoms with Crippen LogP contribution in [0.1, 0.15) is 57.8 Å². The molecule has 0 aromatic carbocycles. The van der Waals surface area contributed by atoms with Crippen molar-refractivity contribution in [3.8, 4) is 0 Å². The second-order valence-corrected chi connectivity index (χ2v) is 8.14. The van der Waals surface area contributed by atoms with Gasteiger partial charge in [0.2, 0.25) is 5.91 Å². The largest absolute Gasteiger partial charge is 0.444 e. The smallest absolute Gasteiger partial charge is 0.410 e. The maximum absolute atomic E-state index is 12.3. The summed E-state index contributed by atoms with van der Waals surface area (Å²) in [4.78, 5) is 27.4.